The molecule has 0 fully saturated rings. The highest BCUT2D eigenvalue weighted by atomic mass is 16.6. The lowest BCUT2D eigenvalue weighted by molar-refractivity contribution is -0.171. The fourth-order valence-corrected chi connectivity index (χ4v) is 1.66. The summed E-state index contributed by atoms with van der Waals surface area (Å²) in [6.45, 7) is 7.60. The maximum atomic E-state index is 12.3. The van der Waals surface area contributed by atoms with Crippen molar-refractivity contribution in [1.82, 2.24) is 0 Å². The molecule has 0 radical (unpaired) electrons. The summed E-state index contributed by atoms with van der Waals surface area (Å²) in [4.78, 5) is 24.5. The molecule has 20 heavy (non-hydrogen) atoms. The lowest BCUT2D eigenvalue weighted by atomic mass is 9.81. The minimum absolute atomic E-state index is 0.114. The van der Waals surface area contributed by atoms with E-state index in [1.54, 1.807) is 26.0 Å². The van der Waals surface area contributed by atoms with Crippen molar-refractivity contribution in [2.75, 3.05) is 13.2 Å². The Labute approximate surface area is 121 Å². The van der Waals surface area contributed by atoms with Crippen LogP contribution in [0.1, 0.15) is 47.0 Å². The molecule has 0 N–H and O–H groups in total. The third-order valence-corrected chi connectivity index (χ3v) is 2.73. The fraction of sp³-hybridized carbons (Fsp3) is 0.625. The lowest BCUT2D eigenvalue weighted by Gasteiger charge is -2.26. The third-order valence-electron chi connectivity index (χ3n) is 2.73. The predicted octanol–water partition coefficient (Wildman–Crippen LogP) is 2.87. The highest BCUT2D eigenvalue weighted by Gasteiger charge is 2.47. The Bertz CT molecular complexity index is 380. The molecule has 4 heteroatoms. The quantitative estimate of drug-likeness (QED) is 0.311. The van der Waals surface area contributed by atoms with Crippen LogP contribution in [0.15, 0.2) is 12.2 Å². The van der Waals surface area contributed by atoms with Gasteiger partial charge in [-0.05, 0) is 27.2 Å². The number of ether oxygens (including phenoxy) is 2. The number of hydrogen-bond acceptors (Lipinski definition) is 4. The fourth-order valence-electron chi connectivity index (χ4n) is 1.66. The summed E-state index contributed by atoms with van der Waals surface area (Å²) in [5, 5.41) is 0. The highest BCUT2D eigenvalue weighted by molar-refractivity contribution is 6.00. The van der Waals surface area contributed by atoms with Crippen LogP contribution in [0, 0.1) is 17.3 Å². The maximum Gasteiger partial charge on any atom is 0.324 e. The van der Waals surface area contributed by atoms with Crippen LogP contribution >= 0.6 is 0 Å². The summed E-state index contributed by atoms with van der Waals surface area (Å²) >= 11 is 0. The van der Waals surface area contributed by atoms with Gasteiger partial charge in [0.25, 0.3) is 0 Å². The van der Waals surface area contributed by atoms with E-state index in [0.717, 1.165) is 0 Å². The van der Waals surface area contributed by atoms with Crippen molar-refractivity contribution >= 4 is 11.9 Å². The second-order valence-electron chi connectivity index (χ2n) is 4.18. The first kappa shape index (κ1) is 18.2. The molecule has 0 aromatic carbocycles. The molecule has 0 spiro atoms. The number of allylic oxidation sites excluding steroid dienone is 2. The molecule has 0 rings (SSSR count). The molecule has 0 bridgehead atoms. The molecule has 0 saturated heterocycles. The molecular formula is C16H24O4. The molecule has 0 aliphatic rings. The molecule has 0 atom stereocenters. The SMILES string of the molecule is C/C=C/CC(CC#CCC)(C(=O)OCC)C(=O)OCC. The van der Waals surface area contributed by atoms with E-state index < -0.39 is 17.4 Å². The zero-order valence-corrected chi connectivity index (χ0v) is 12.8. The van der Waals surface area contributed by atoms with Gasteiger partial charge >= 0.3 is 11.9 Å². The van der Waals surface area contributed by atoms with E-state index in [0.29, 0.717) is 6.42 Å². The van der Waals surface area contributed by atoms with E-state index in [1.165, 1.54) is 0 Å². The zero-order chi connectivity index (χ0) is 15.4. The number of esters is 2. The van der Waals surface area contributed by atoms with Crippen LogP contribution in [0.2, 0.25) is 0 Å². The standard InChI is InChI=1S/C16H24O4/c1-5-9-11-13-16(12-10-6-2,14(17)19-7-3)15(18)20-8-4/h6,10H,5,7-8,12-13H2,1-4H3/b10-6+. The predicted molar refractivity (Wildman–Crippen MR) is 77.8 cm³/mol. The minimum Gasteiger partial charge on any atom is -0.465 e. The van der Waals surface area contributed by atoms with Crippen molar-refractivity contribution in [3.8, 4) is 11.8 Å². The molecule has 0 aliphatic heterocycles. The summed E-state index contributed by atoms with van der Waals surface area (Å²) in [5.41, 5.74) is -1.36. The smallest absolute Gasteiger partial charge is 0.324 e. The summed E-state index contributed by atoms with van der Waals surface area (Å²) in [6.07, 6.45) is 4.58. The van der Waals surface area contributed by atoms with Crippen LogP contribution in [0.25, 0.3) is 0 Å². The van der Waals surface area contributed by atoms with Crippen molar-refractivity contribution in [1.29, 1.82) is 0 Å². The van der Waals surface area contributed by atoms with E-state index in [-0.39, 0.29) is 26.1 Å². The summed E-state index contributed by atoms with van der Waals surface area (Å²) in [6, 6.07) is 0. The van der Waals surface area contributed by atoms with Crippen LogP contribution in [-0.4, -0.2) is 25.2 Å². The van der Waals surface area contributed by atoms with Crippen LogP contribution in [0.4, 0.5) is 0 Å². The Balaban J connectivity index is 5.47. The van der Waals surface area contributed by atoms with Crippen molar-refractivity contribution in [2.45, 2.75) is 47.0 Å². The molecule has 0 saturated carbocycles. The largest absolute Gasteiger partial charge is 0.465 e. The summed E-state index contributed by atoms with van der Waals surface area (Å²) in [5.74, 6) is 4.63. The van der Waals surface area contributed by atoms with E-state index in [9.17, 15) is 9.59 Å². The lowest BCUT2D eigenvalue weighted by Crippen LogP contribution is -2.41. The van der Waals surface area contributed by atoms with Gasteiger partial charge in [0.15, 0.2) is 5.41 Å². The molecule has 0 unspecified atom stereocenters. The molecular weight excluding hydrogens is 256 g/mol. The van der Waals surface area contributed by atoms with Crippen LogP contribution < -0.4 is 0 Å². The van der Waals surface area contributed by atoms with Gasteiger partial charge in [0.05, 0.1) is 13.2 Å². The van der Waals surface area contributed by atoms with Crippen LogP contribution in [0.5, 0.6) is 0 Å². The monoisotopic (exact) mass is 280 g/mol. The molecule has 0 amide bonds. The average Bonchev–Trinajstić information content (AvgIpc) is 2.43. The van der Waals surface area contributed by atoms with Crippen LogP contribution in [0.3, 0.4) is 0 Å². The Kier molecular flexibility index (Phi) is 9.19. The van der Waals surface area contributed by atoms with Gasteiger partial charge in [-0.15, -0.1) is 11.8 Å². The van der Waals surface area contributed by atoms with Crippen molar-refractivity contribution in [3.05, 3.63) is 12.2 Å². The third kappa shape index (κ3) is 5.08. The van der Waals surface area contributed by atoms with Gasteiger partial charge < -0.3 is 9.47 Å². The Morgan fingerprint density at radius 3 is 2.00 bits per heavy atom. The van der Waals surface area contributed by atoms with E-state index in [2.05, 4.69) is 11.8 Å². The molecule has 4 nitrogen and oxygen atoms in total. The topological polar surface area (TPSA) is 52.6 Å². The number of hydrogen-bond donors (Lipinski definition) is 0. The zero-order valence-electron chi connectivity index (χ0n) is 12.8. The van der Waals surface area contributed by atoms with Gasteiger partial charge in [-0.3, -0.25) is 9.59 Å². The first-order valence-electron chi connectivity index (χ1n) is 7.00. The summed E-state index contributed by atoms with van der Waals surface area (Å²) in [7, 11) is 0. The van der Waals surface area contributed by atoms with E-state index in [1.807, 2.05) is 13.8 Å². The molecule has 0 aromatic heterocycles. The van der Waals surface area contributed by atoms with Crippen molar-refractivity contribution in [3.63, 3.8) is 0 Å². The molecule has 0 heterocycles. The maximum absolute atomic E-state index is 12.3. The van der Waals surface area contributed by atoms with Gasteiger partial charge in [0.2, 0.25) is 0 Å². The first-order chi connectivity index (χ1) is 9.58. The first-order valence-corrected chi connectivity index (χ1v) is 7.00. The number of carbonyl (C=O) groups excluding carboxylic acids is 2. The molecule has 112 valence electrons. The second-order valence-corrected chi connectivity index (χ2v) is 4.18. The van der Waals surface area contributed by atoms with Gasteiger partial charge in [-0.1, -0.05) is 19.1 Å². The van der Waals surface area contributed by atoms with Crippen molar-refractivity contribution < 1.29 is 19.1 Å². The average molecular weight is 280 g/mol. The second kappa shape index (κ2) is 10.1. The van der Waals surface area contributed by atoms with E-state index in [4.69, 9.17) is 9.47 Å². The Morgan fingerprint density at radius 2 is 1.60 bits per heavy atom. The van der Waals surface area contributed by atoms with Gasteiger partial charge in [-0.25, -0.2) is 0 Å². The number of carbonyl (C=O) groups is 2. The van der Waals surface area contributed by atoms with Gasteiger partial charge in [0, 0.05) is 12.8 Å². The van der Waals surface area contributed by atoms with Crippen molar-refractivity contribution in [2.24, 2.45) is 5.41 Å². The molecule has 0 aliphatic carbocycles. The van der Waals surface area contributed by atoms with E-state index >= 15 is 0 Å². The normalized spacial score (nSPS) is 10.8. The van der Waals surface area contributed by atoms with Gasteiger partial charge in [-0.2, -0.15) is 0 Å². The molecule has 0 aromatic rings. The minimum atomic E-state index is -1.36. The summed E-state index contributed by atoms with van der Waals surface area (Å²) < 4.78 is 10.1. The van der Waals surface area contributed by atoms with Gasteiger partial charge in [0.1, 0.15) is 0 Å². The number of rotatable bonds is 7. The Hall–Kier alpha value is -1.76. The highest BCUT2D eigenvalue weighted by Crippen LogP contribution is 2.31. The Morgan fingerprint density at radius 1 is 1.05 bits per heavy atom. The van der Waals surface area contributed by atoms with Crippen LogP contribution in [-0.2, 0) is 19.1 Å².